The second-order valence-electron chi connectivity index (χ2n) is 8.95. The van der Waals surface area contributed by atoms with Gasteiger partial charge in [-0.3, -0.25) is 4.40 Å². The smallest absolute Gasteiger partial charge is 0.354 e. The minimum Gasteiger partial charge on any atom is -0.477 e. The number of fused-ring (bicyclic) bond motifs is 3. The van der Waals surface area contributed by atoms with Gasteiger partial charge in [-0.1, -0.05) is 53.7 Å². The molecule has 0 bridgehead atoms. The van der Waals surface area contributed by atoms with E-state index in [9.17, 15) is 14.7 Å². The molecule has 0 fully saturated rings. The third-order valence-corrected chi connectivity index (χ3v) is 7.33. The summed E-state index contributed by atoms with van der Waals surface area (Å²) in [7, 11) is 0. The Morgan fingerprint density at radius 3 is 2.50 bits per heavy atom. The number of hydrogen-bond donors (Lipinski definition) is 3. The third kappa shape index (κ3) is 4.63. The van der Waals surface area contributed by atoms with E-state index >= 15 is 0 Å². The van der Waals surface area contributed by atoms with E-state index in [4.69, 9.17) is 9.26 Å². The highest BCUT2D eigenvalue weighted by Gasteiger charge is 2.21. The highest BCUT2D eigenvalue weighted by atomic mass is 32.1. The summed E-state index contributed by atoms with van der Waals surface area (Å²) in [4.78, 5) is 29.7. The Labute approximate surface area is 231 Å². The van der Waals surface area contributed by atoms with Crippen LogP contribution in [0.15, 0.2) is 77.3 Å². The monoisotopic (exact) mass is 553 g/mol. The number of hydrogen-bond acceptors (Lipinski definition) is 7. The summed E-state index contributed by atoms with van der Waals surface area (Å²) < 4.78 is 13.9. The van der Waals surface area contributed by atoms with Crippen molar-refractivity contribution in [2.24, 2.45) is 0 Å². The van der Waals surface area contributed by atoms with Gasteiger partial charge in [-0.15, -0.1) is 0 Å². The molecule has 0 spiro atoms. The number of carboxylic acids is 1. The van der Waals surface area contributed by atoms with Gasteiger partial charge in [-0.25, -0.2) is 14.6 Å². The third-order valence-electron chi connectivity index (χ3n) is 6.33. The standard InChI is InChI=1S/C29H23N5O5S/c1-3-21-26(27(35)36)34-22-14-13-20(15-23(22)40-29(34)31-21)38-19-11-9-18(10-12-19)30-28(37)32-24-16(2)39-33-25(24)17-7-5-4-6-8-17/h4-15H,3H2,1-2H3,(H,35,36)(H2,30,32,37). The first-order valence-electron chi connectivity index (χ1n) is 12.5. The maximum Gasteiger partial charge on any atom is 0.354 e. The number of aromatic carboxylic acids is 1. The van der Waals surface area contributed by atoms with Gasteiger partial charge in [0.25, 0.3) is 0 Å². The van der Waals surface area contributed by atoms with Crippen LogP contribution >= 0.6 is 11.3 Å². The molecule has 0 unspecified atom stereocenters. The van der Waals surface area contributed by atoms with Crippen molar-refractivity contribution in [2.45, 2.75) is 20.3 Å². The Morgan fingerprint density at radius 2 is 1.77 bits per heavy atom. The molecule has 11 heteroatoms. The number of nitrogens with zero attached hydrogens (tertiary/aromatic N) is 3. The van der Waals surface area contributed by atoms with E-state index in [1.165, 1.54) is 11.3 Å². The number of rotatable bonds is 7. The normalized spacial score (nSPS) is 11.2. The fraction of sp³-hybridized carbons (Fsp3) is 0.103. The molecule has 2 amide bonds. The van der Waals surface area contributed by atoms with Gasteiger partial charge in [0.2, 0.25) is 0 Å². The van der Waals surface area contributed by atoms with Gasteiger partial charge < -0.3 is 25.0 Å². The van der Waals surface area contributed by atoms with Crippen LogP contribution in [0.5, 0.6) is 11.5 Å². The molecule has 0 aliphatic heterocycles. The average molecular weight is 554 g/mol. The summed E-state index contributed by atoms with van der Waals surface area (Å²) >= 11 is 1.41. The molecule has 10 nitrogen and oxygen atoms in total. The number of anilines is 2. The molecule has 6 aromatic rings. The van der Waals surface area contributed by atoms with Crippen LogP contribution in [0, 0.1) is 6.92 Å². The van der Waals surface area contributed by atoms with Crippen LogP contribution in [-0.4, -0.2) is 31.6 Å². The molecule has 3 heterocycles. The summed E-state index contributed by atoms with van der Waals surface area (Å²) in [6, 6.07) is 21.5. The van der Waals surface area contributed by atoms with Crippen molar-refractivity contribution in [1.29, 1.82) is 0 Å². The van der Waals surface area contributed by atoms with Crippen molar-refractivity contribution in [1.82, 2.24) is 14.5 Å². The van der Waals surface area contributed by atoms with Crippen molar-refractivity contribution in [2.75, 3.05) is 10.6 Å². The molecule has 0 atom stereocenters. The lowest BCUT2D eigenvalue weighted by molar-refractivity contribution is 0.0688. The number of aromatic nitrogens is 3. The Balaban J connectivity index is 1.15. The summed E-state index contributed by atoms with van der Waals surface area (Å²) in [6.45, 7) is 3.62. The van der Waals surface area contributed by atoms with Crippen LogP contribution in [0.1, 0.15) is 28.9 Å². The number of ether oxygens (including phenoxy) is 1. The second-order valence-corrected chi connectivity index (χ2v) is 9.96. The van der Waals surface area contributed by atoms with Crippen LogP contribution in [0.25, 0.3) is 26.4 Å². The maximum absolute atomic E-state index is 12.7. The Hall–Kier alpha value is -5.16. The number of carbonyl (C=O) groups excluding carboxylic acids is 1. The van der Waals surface area contributed by atoms with Crippen LogP contribution in [0.4, 0.5) is 16.2 Å². The highest BCUT2D eigenvalue weighted by molar-refractivity contribution is 7.23. The van der Waals surface area contributed by atoms with Crippen molar-refractivity contribution >= 4 is 49.9 Å². The van der Waals surface area contributed by atoms with E-state index < -0.39 is 12.0 Å². The average Bonchev–Trinajstić information content (AvgIpc) is 3.61. The zero-order valence-electron chi connectivity index (χ0n) is 21.5. The molecule has 3 N–H and O–H groups in total. The van der Waals surface area contributed by atoms with Crippen LogP contribution in [0.3, 0.4) is 0 Å². The van der Waals surface area contributed by atoms with E-state index in [0.29, 0.717) is 51.4 Å². The van der Waals surface area contributed by atoms with Gasteiger partial charge in [-0.2, -0.15) is 0 Å². The number of thiazole rings is 1. The SMILES string of the molecule is CCc1nc2sc3cc(Oc4ccc(NC(=O)Nc5c(-c6ccccc6)noc5C)cc4)ccc3n2c1C(=O)O. The van der Waals surface area contributed by atoms with Crippen molar-refractivity contribution < 1.29 is 24.0 Å². The quantitative estimate of drug-likeness (QED) is 0.190. The predicted octanol–water partition coefficient (Wildman–Crippen LogP) is 7.21. The van der Waals surface area contributed by atoms with E-state index in [1.54, 1.807) is 41.7 Å². The van der Waals surface area contributed by atoms with Crippen LogP contribution < -0.4 is 15.4 Å². The number of aryl methyl sites for hydroxylation is 2. The molecular formula is C29H23N5O5S. The minimum atomic E-state index is -1.00. The summed E-state index contributed by atoms with van der Waals surface area (Å²) in [6.07, 6.45) is 0.542. The summed E-state index contributed by atoms with van der Waals surface area (Å²) in [5.41, 5.74) is 3.99. The number of carboxylic acid groups (broad SMARTS) is 1. The number of benzene rings is 3. The fourth-order valence-electron chi connectivity index (χ4n) is 4.45. The van der Waals surface area contributed by atoms with Gasteiger partial charge in [0.15, 0.2) is 16.4 Å². The van der Waals surface area contributed by atoms with Gasteiger partial charge >= 0.3 is 12.0 Å². The molecule has 200 valence electrons. The molecule has 0 radical (unpaired) electrons. The van der Waals surface area contributed by atoms with Crippen LogP contribution in [0.2, 0.25) is 0 Å². The Morgan fingerprint density at radius 1 is 1.02 bits per heavy atom. The molecule has 3 aromatic heterocycles. The van der Waals surface area contributed by atoms with Crippen LogP contribution in [-0.2, 0) is 6.42 Å². The first-order valence-corrected chi connectivity index (χ1v) is 13.3. The van der Waals surface area contributed by atoms with Crippen molar-refractivity contribution in [3.63, 3.8) is 0 Å². The molecule has 0 aliphatic rings. The highest BCUT2D eigenvalue weighted by Crippen LogP contribution is 2.34. The van der Waals surface area contributed by atoms with Gasteiger partial charge in [0.05, 0.1) is 15.9 Å². The molecular weight excluding hydrogens is 530 g/mol. The first-order chi connectivity index (χ1) is 19.4. The number of amides is 2. The topological polar surface area (TPSA) is 131 Å². The lowest BCUT2D eigenvalue weighted by atomic mass is 10.1. The van der Waals surface area contributed by atoms with Gasteiger partial charge in [0.1, 0.15) is 22.9 Å². The largest absolute Gasteiger partial charge is 0.477 e. The zero-order chi connectivity index (χ0) is 27.8. The molecule has 0 saturated heterocycles. The molecule has 40 heavy (non-hydrogen) atoms. The maximum atomic E-state index is 12.7. The molecule has 0 aliphatic carbocycles. The Kier molecular flexibility index (Phi) is 6.40. The fourth-order valence-corrected chi connectivity index (χ4v) is 5.53. The van der Waals surface area contributed by atoms with Crippen molar-refractivity contribution in [3.05, 3.63) is 89.9 Å². The lowest BCUT2D eigenvalue weighted by Crippen LogP contribution is -2.20. The molecule has 6 rings (SSSR count). The second kappa shape index (κ2) is 10.2. The van der Waals surface area contributed by atoms with E-state index in [1.807, 2.05) is 49.4 Å². The van der Waals surface area contributed by atoms with Gasteiger partial charge in [0, 0.05) is 17.3 Å². The van der Waals surface area contributed by atoms with Gasteiger partial charge in [-0.05, 0) is 49.7 Å². The van der Waals surface area contributed by atoms with Crippen molar-refractivity contribution in [3.8, 4) is 22.8 Å². The van der Waals surface area contributed by atoms with E-state index in [-0.39, 0.29) is 5.69 Å². The number of nitrogens with one attached hydrogen (secondary N) is 2. The molecule has 3 aromatic carbocycles. The van der Waals surface area contributed by atoms with E-state index in [2.05, 4.69) is 20.8 Å². The number of carbonyl (C=O) groups is 2. The first kappa shape index (κ1) is 25.1. The van der Waals surface area contributed by atoms with E-state index in [0.717, 1.165) is 15.8 Å². The lowest BCUT2D eigenvalue weighted by Gasteiger charge is -2.10. The number of urea groups is 1. The number of imidazole rings is 1. The predicted molar refractivity (Wildman–Crippen MR) is 153 cm³/mol. The zero-order valence-corrected chi connectivity index (χ0v) is 22.3. The summed E-state index contributed by atoms with van der Waals surface area (Å²) in [5.74, 6) is 0.672. The summed E-state index contributed by atoms with van der Waals surface area (Å²) in [5, 5.41) is 19.4. The molecule has 0 saturated carbocycles. The Bertz CT molecular complexity index is 1870. The minimum absolute atomic E-state index is 0.194.